The van der Waals surface area contributed by atoms with Gasteiger partial charge in [-0.3, -0.25) is 0 Å². The van der Waals surface area contributed by atoms with Gasteiger partial charge in [0, 0.05) is 0 Å². The first-order valence-corrected chi connectivity index (χ1v) is 14.0. The Labute approximate surface area is 128 Å². The SMILES string of the molecule is C=C(C)C(=C)OCCC[Si](C)(C)O[Si](C)(C)CCCC. The maximum atomic E-state index is 6.56. The Morgan fingerprint density at radius 2 is 1.45 bits per heavy atom. The summed E-state index contributed by atoms with van der Waals surface area (Å²) in [5, 5.41) is 0. The van der Waals surface area contributed by atoms with Crippen LogP contribution >= 0.6 is 0 Å². The molecule has 0 amide bonds. The third kappa shape index (κ3) is 9.56. The van der Waals surface area contributed by atoms with Crippen LogP contribution in [0, 0.1) is 0 Å². The van der Waals surface area contributed by atoms with Crippen molar-refractivity contribution in [3.8, 4) is 0 Å². The molecular formula is C16H34O2Si2. The molecule has 0 bridgehead atoms. The number of hydrogen-bond acceptors (Lipinski definition) is 2. The van der Waals surface area contributed by atoms with Crippen molar-refractivity contribution in [2.24, 2.45) is 0 Å². The molecule has 0 aliphatic carbocycles. The standard InChI is InChI=1S/C16H34O2Si2/c1-9-10-13-19(5,6)18-20(7,8)14-11-12-17-16(4)15(2)3/h2,4,9-14H2,1,3,5-8H3. The van der Waals surface area contributed by atoms with E-state index in [1.54, 1.807) is 0 Å². The first-order chi connectivity index (χ1) is 9.09. The molecule has 20 heavy (non-hydrogen) atoms. The summed E-state index contributed by atoms with van der Waals surface area (Å²) in [6.45, 7) is 22.0. The van der Waals surface area contributed by atoms with Crippen molar-refractivity contribution >= 4 is 16.6 Å². The average molecular weight is 315 g/mol. The molecule has 0 rings (SSSR count). The van der Waals surface area contributed by atoms with Crippen molar-refractivity contribution in [1.82, 2.24) is 0 Å². The molecule has 0 radical (unpaired) electrons. The molecule has 0 N–H and O–H groups in total. The summed E-state index contributed by atoms with van der Waals surface area (Å²) in [6.07, 6.45) is 3.60. The normalized spacial score (nSPS) is 12.3. The maximum absolute atomic E-state index is 6.56. The van der Waals surface area contributed by atoms with E-state index in [9.17, 15) is 0 Å². The average Bonchev–Trinajstić information content (AvgIpc) is 2.30. The third-order valence-electron chi connectivity index (χ3n) is 3.36. The molecule has 118 valence electrons. The van der Waals surface area contributed by atoms with Gasteiger partial charge in [0.05, 0.1) is 6.61 Å². The minimum Gasteiger partial charge on any atom is -0.494 e. The molecule has 2 nitrogen and oxygen atoms in total. The predicted octanol–water partition coefficient (Wildman–Crippen LogP) is 5.71. The third-order valence-corrected chi connectivity index (χ3v) is 10.9. The molecule has 0 aliphatic rings. The van der Waals surface area contributed by atoms with Crippen LogP contribution in [0.25, 0.3) is 0 Å². The van der Waals surface area contributed by atoms with E-state index in [-0.39, 0.29) is 0 Å². The van der Waals surface area contributed by atoms with Crippen molar-refractivity contribution in [3.05, 3.63) is 24.5 Å². The second-order valence-corrected chi connectivity index (χ2v) is 15.7. The highest BCUT2D eigenvalue weighted by Crippen LogP contribution is 2.24. The van der Waals surface area contributed by atoms with Gasteiger partial charge in [0.25, 0.3) is 0 Å². The topological polar surface area (TPSA) is 18.5 Å². The number of ether oxygens (including phenoxy) is 1. The number of allylic oxidation sites excluding steroid dienone is 1. The largest absolute Gasteiger partial charge is 0.494 e. The fourth-order valence-corrected chi connectivity index (χ4v) is 11.3. The summed E-state index contributed by atoms with van der Waals surface area (Å²) < 4.78 is 12.1. The van der Waals surface area contributed by atoms with Crippen molar-refractivity contribution < 1.29 is 8.85 Å². The molecule has 0 unspecified atom stereocenters. The first kappa shape index (κ1) is 19.7. The number of hydrogen-bond donors (Lipinski definition) is 0. The van der Waals surface area contributed by atoms with Crippen LogP contribution in [0.3, 0.4) is 0 Å². The predicted molar refractivity (Wildman–Crippen MR) is 95.1 cm³/mol. The Morgan fingerprint density at radius 1 is 0.950 bits per heavy atom. The van der Waals surface area contributed by atoms with Gasteiger partial charge in [0.15, 0.2) is 16.6 Å². The molecule has 0 fully saturated rings. The zero-order valence-electron chi connectivity index (χ0n) is 14.5. The van der Waals surface area contributed by atoms with Crippen LogP contribution in [-0.4, -0.2) is 23.2 Å². The summed E-state index contributed by atoms with van der Waals surface area (Å²) >= 11 is 0. The van der Waals surface area contributed by atoms with Crippen LogP contribution in [0.5, 0.6) is 0 Å². The van der Waals surface area contributed by atoms with E-state index in [0.717, 1.165) is 24.6 Å². The van der Waals surface area contributed by atoms with Crippen molar-refractivity contribution in [2.75, 3.05) is 6.61 Å². The van der Waals surface area contributed by atoms with E-state index in [4.69, 9.17) is 8.85 Å². The van der Waals surface area contributed by atoms with E-state index in [0.29, 0.717) is 5.76 Å². The Kier molecular flexibility index (Phi) is 8.70. The van der Waals surface area contributed by atoms with Gasteiger partial charge in [-0.05, 0) is 57.2 Å². The molecule has 4 heteroatoms. The summed E-state index contributed by atoms with van der Waals surface area (Å²) in [7, 11) is -3.03. The summed E-state index contributed by atoms with van der Waals surface area (Å²) in [6, 6.07) is 2.43. The van der Waals surface area contributed by atoms with Crippen LogP contribution in [0.15, 0.2) is 24.5 Å². The Balaban J connectivity index is 4.06. The zero-order chi connectivity index (χ0) is 15.8. The quantitative estimate of drug-likeness (QED) is 0.210. The smallest absolute Gasteiger partial charge is 0.173 e. The Hall–Kier alpha value is -0.326. The molecule has 0 saturated heterocycles. The lowest BCUT2D eigenvalue weighted by atomic mass is 10.3. The summed E-state index contributed by atoms with van der Waals surface area (Å²) in [5.41, 5.74) is 0.908. The van der Waals surface area contributed by atoms with Crippen molar-refractivity contribution in [2.45, 2.75) is 71.4 Å². The van der Waals surface area contributed by atoms with Crippen LogP contribution in [-0.2, 0) is 8.85 Å². The van der Waals surface area contributed by atoms with Crippen molar-refractivity contribution in [3.63, 3.8) is 0 Å². The van der Waals surface area contributed by atoms with Crippen LogP contribution in [0.4, 0.5) is 0 Å². The van der Waals surface area contributed by atoms with Crippen LogP contribution < -0.4 is 0 Å². The monoisotopic (exact) mass is 314 g/mol. The lowest BCUT2D eigenvalue weighted by Gasteiger charge is -2.34. The lowest BCUT2D eigenvalue weighted by Crippen LogP contribution is -2.44. The van der Waals surface area contributed by atoms with Gasteiger partial charge in [-0.15, -0.1) is 0 Å². The highest BCUT2D eigenvalue weighted by Gasteiger charge is 2.32. The molecule has 0 aliphatic heterocycles. The molecule has 0 spiro atoms. The molecule has 0 atom stereocenters. The second kappa shape index (κ2) is 8.85. The van der Waals surface area contributed by atoms with Gasteiger partial charge in [-0.2, -0.15) is 0 Å². The van der Waals surface area contributed by atoms with E-state index in [1.165, 1.54) is 18.9 Å². The van der Waals surface area contributed by atoms with Crippen LogP contribution in [0.2, 0.25) is 38.3 Å². The fourth-order valence-electron chi connectivity index (χ4n) is 2.27. The zero-order valence-corrected chi connectivity index (χ0v) is 16.5. The number of rotatable bonds is 11. The Morgan fingerprint density at radius 3 is 1.90 bits per heavy atom. The molecule has 0 heterocycles. The van der Waals surface area contributed by atoms with Gasteiger partial charge in [0.1, 0.15) is 5.76 Å². The maximum Gasteiger partial charge on any atom is 0.173 e. The van der Waals surface area contributed by atoms with Gasteiger partial charge in [0.2, 0.25) is 0 Å². The second-order valence-electron chi connectivity index (χ2n) is 6.88. The molecule has 0 saturated carbocycles. The van der Waals surface area contributed by atoms with Gasteiger partial charge < -0.3 is 8.85 Å². The number of unbranched alkanes of at least 4 members (excludes halogenated alkanes) is 1. The van der Waals surface area contributed by atoms with E-state index < -0.39 is 16.6 Å². The minimum atomic E-state index is -1.56. The molecule has 0 aromatic rings. The highest BCUT2D eigenvalue weighted by atomic mass is 28.4. The first-order valence-electron chi connectivity index (χ1n) is 7.77. The molecule has 0 aromatic carbocycles. The molecular weight excluding hydrogens is 280 g/mol. The Bertz CT molecular complexity index is 322. The van der Waals surface area contributed by atoms with Crippen LogP contribution in [0.1, 0.15) is 33.1 Å². The highest BCUT2D eigenvalue weighted by molar-refractivity contribution is 6.84. The van der Waals surface area contributed by atoms with E-state index in [1.807, 2.05) is 6.92 Å². The van der Waals surface area contributed by atoms with E-state index in [2.05, 4.69) is 46.3 Å². The summed E-state index contributed by atoms with van der Waals surface area (Å²) in [4.78, 5) is 0. The minimum absolute atomic E-state index is 0.711. The van der Waals surface area contributed by atoms with Gasteiger partial charge in [-0.25, -0.2) is 0 Å². The van der Waals surface area contributed by atoms with Gasteiger partial charge in [-0.1, -0.05) is 32.9 Å². The van der Waals surface area contributed by atoms with Gasteiger partial charge >= 0.3 is 0 Å². The fraction of sp³-hybridized carbons (Fsp3) is 0.750. The van der Waals surface area contributed by atoms with E-state index >= 15 is 0 Å². The lowest BCUT2D eigenvalue weighted by molar-refractivity contribution is 0.221. The summed E-state index contributed by atoms with van der Waals surface area (Å²) in [5.74, 6) is 0.711. The molecule has 0 aromatic heterocycles. The van der Waals surface area contributed by atoms with Crippen molar-refractivity contribution in [1.29, 1.82) is 0 Å².